The van der Waals surface area contributed by atoms with Gasteiger partial charge in [-0.1, -0.05) is 30.3 Å². The smallest absolute Gasteiger partial charge is 0.407 e. The third-order valence-corrected chi connectivity index (χ3v) is 4.17. The first kappa shape index (κ1) is 18.4. The second kappa shape index (κ2) is 10.1. The number of methoxy groups -OCH3 is 1. The zero-order chi connectivity index (χ0) is 16.3. The van der Waals surface area contributed by atoms with Crippen LogP contribution < -0.4 is 10.0 Å². The molecule has 0 radical (unpaired) electrons. The first-order valence-corrected chi connectivity index (χ1v) is 8.59. The van der Waals surface area contributed by atoms with Gasteiger partial charge in [0, 0.05) is 20.2 Å². The van der Waals surface area contributed by atoms with Gasteiger partial charge in [-0.15, -0.1) is 0 Å². The highest BCUT2D eigenvalue weighted by atomic mass is 32.2. The number of alkyl carbamates (subject to hydrolysis) is 1. The highest BCUT2D eigenvalue weighted by Crippen LogP contribution is 2.00. The van der Waals surface area contributed by atoms with Crippen molar-refractivity contribution in [2.75, 3.05) is 32.6 Å². The lowest BCUT2D eigenvalue weighted by Crippen LogP contribution is -2.32. The molecule has 7 nitrogen and oxygen atoms in total. The summed E-state index contributed by atoms with van der Waals surface area (Å²) >= 11 is 0. The van der Waals surface area contributed by atoms with Crippen molar-refractivity contribution in [1.29, 1.82) is 0 Å². The van der Waals surface area contributed by atoms with Gasteiger partial charge in [-0.3, -0.25) is 0 Å². The summed E-state index contributed by atoms with van der Waals surface area (Å²) in [7, 11) is -1.83. The molecule has 1 aromatic carbocycles. The van der Waals surface area contributed by atoms with Crippen molar-refractivity contribution in [2.45, 2.75) is 13.0 Å². The minimum absolute atomic E-state index is 0.0598. The number of benzene rings is 1. The summed E-state index contributed by atoms with van der Waals surface area (Å²) in [5, 5.41) is 2.51. The van der Waals surface area contributed by atoms with Gasteiger partial charge in [-0.25, -0.2) is 17.9 Å². The molecule has 0 bridgehead atoms. The van der Waals surface area contributed by atoms with E-state index >= 15 is 0 Å². The Balaban J connectivity index is 2.12. The Morgan fingerprint density at radius 2 is 1.91 bits per heavy atom. The summed E-state index contributed by atoms with van der Waals surface area (Å²) in [6, 6.07) is 9.30. The van der Waals surface area contributed by atoms with Crippen molar-refractivity contribution in [3.05, 3.63) is 35.9 Å². The molecule has 0 atom stereocenters. The zero-order valence-corrected chi connectivity index (χ0v) is 13.4. The van der Waals surface area contributed by atoms with Gasteiger partial charge < -0.3 is 14.8 Å². The van der Waals surface area contributed by atoms with E-state index < -0.39 is 16.1 Å². The first-order valence-electron chi connectivity index (χ1n) is 6.94. The number of amides is 1. The first-order chi connectivity index (χ1) is 10.5. The lowest BCUT2D eigenvalue weighted by Gasteiger charge is -2.08. The Morgan fingerprint density at radius 3 is 2.59 bits per heavy atom. The molecule has 0 aliphatic carbocycles. The fraction of sp³-hybridized carbons (Fsp3) is 0.500. The molecule has 0 saturated carbocycles. The minimum atomic E-state index is -3.33. The molecule has 0 heterocycles. The van der Waals surface area contributed by atoms with Crippen molar-refractivity contribution in [2.24, 2.45) is 0 Å². The molecule has 1 rings (SSSR count). The van der Waals surface area contributed by atoms with Crippen molar-refractivity contribution < 1.29 is 22.7 Å². The van der Waals surface area contributed by atoms with Crippen LogP contribution in [0.2, 0.25) is 0 Å². The average Bonchev–Trinajstić information content (AvgIpc) is 2.51. The summed E-state index contributed by atoms with van der Waals surface area (Å²) in [6.07, 6.45) is -0.253. The number of nitrogens with one attached hydrogen (secondary N) is 2. The Labute approximate surface area is 131 Å². The molecule has 0 saturated heterocycles. The standard InChI is InChI=1S/C14H22N2O5S/c1-20-10-9-16-22(18,19)11-5-8-15-14(17)21-12-13-6-3-2-4-7-13/h2-4,6-7,16H,5,8-12H2,1H3,(H,15,17). The molecule has 22 heavy (non-hydrogen) atoms. The van der Waals surface area contributed by atoms with Crippen LogP contribution in [0.4, 0.5) is 4.79 Å². The van der Waals surface area contributed by atoms with E-state index in [0.29, 0.717) is 13.0 Å². The van der Waals surface area contributed by atoms with Gasteiger partial charge in [0.05, 0.1) is 12.4 Å². The van der Waals surface area contributed by atoms with Crippen LogP contribution in [0, 0.1) is 0 Å². The molecule has 0 fully saturated rings. The third kappa shape index (κ3) is 8.60. The molecule has 124 valence electrons. The maximum Gasteiger partial charge on any atom is 0.407 e. The maximum atomic E-state index is 11.6. The van der Waals surface area contributed by atoms with E-state index in [4.69, 9.17) is 9.47 Å². The number of ether oxygens (including phenoxy) is 2. The van der Waals surface area contributed by atoms with Crippen molar-refractivity contribution in [3.63, 3.8) is 0 Å². The molecular weight excluding hydrogens is 308 g/mol. The molecular formula is C14H22N2O5S. The third-order valence-electron chi connectivity index (χ3n) is 2.70. The fourth-order valence-electron chi connectivity index (χ4n) is 1.60. The molecule has 0 aliphatic heterocycles. The monoisotopic (exact) mass is 330 g/mol. The molecule has 1 aromatic rings. The van der Waals surface area contributed by atoms with E-state index in [2.05, 4.69) is 10.0 Å². The van der Waals surface area contributed by atoms with Crippen LogP contribution >= 0.6 is 0 Å². The average molecular weight is 330 g/mol. The van der Waals surface area contributed by atoms with E-state index in [1.807, 2.05) is 30.3 Å². The lowest BCUT2D eigenvalue weighted by atomic mass is 10.2. The summed E-state index contributed by atoms with van der Waals surface area (Å²) in [4.78, 5) is 11.4. The Morgan fingerprint density at radius 1 is 1.18 bits per heavy atom. The van der Waals surface area contributed by atoms with E-state index in [1.165, 1.54) is 7.11 Å². The highest BCUT2D eigenvalue weighted by Gasteiger charge is 2.09. The Kier molecular flexibility index (Phi) is 8.49. The van der Waals surface area contributed by atoms with Crippen molar-refractivity contribution in [1.82, 2.24) is 10.0 Å². The molecule has 0 aliphatic rings. The van der Waals surface area contributed by atoms with Crippen LogP contribution in [0.3, 0.4) is 0 Å². The normalized spacial score (nSPS) is 11.1. The van der Waals surface area contributed by atoms with Crippen molar-refractivity contribution in [3.8, 4) is 0 Å². The number of rotatable bonds is 10. The number of carbonyl (C=O) groups is 1. The van der Waals surface area contributed by atoms with Crippen LogP contribution in [-0.4, -0.2) is 47.1 Å². The number of hydrogen-bond acceptors (Lipinski definition) is 5. The summed E-state index contributed by atoms with van der Waals surface area (Å²) < 4.78 is 35.3. The van der Waals surface area contributed by atoms with Gasteiger partial charge >= 0.3 is 6.09 Å². The minimum Gasteiger partial charge on any atom is -0.445 e. The van der Waals surface area contributed by atoms with E-state index in [1.54, 1.807) is 0 Å². The largest absolute Gasteiger partial charge is 0.445 e. The predicted molar refractivity (Wildman–Crippen MR) is 82.9 cm³/mol. The van der Waals surface area contributed by atoms with E-state index in [0.717, 1.165) is 5.56 Å². The van der Waals surface area contributed by atoms with Crippen LogP contribution in [0.1, 0.15) is 12.0 Å². The molecule has 0 aromatic heterocycles. The molecule has 2 N–H and O–H groups in total. The van der Waals surface area contributed by atoms with Gasteiger partial charge in [-0.2, -0.15) is 0 Å². The van der Waals surface area contributed by atoms with Gasteiger partial charge in [-0.05, 0) is 12.0 Å². The maximum absolute atomic E-state index is 11.6. The highest BCUT2D eigenvalue weighted by molar-refractivity contribution is 7.89. The van der Waals surface area contributed by atoms with Gasteiger partial charge in [0.1, 0.15) is 6.61 Å². The zero-order valence-electron chi connectivity index (χ0n) is 12.6. The number of carbonyl (C=O) groups excluding carboxylic acids is 1. The topological polar surface area (TPSA) is 93.7 Å². The predicted octanol–water partition coefficient (Wildman–Crippen LogP) is 0.869. The summed E-state index contributed by atoms with van der Waals surface area (Å²) in [5.41, 5.74) is 0.891. The van der Waals surface area contributed by atoms with Crippen LogP contribution in [-0.2, 0) is 26.1 Å². The molecule has 1 amide bonds. The number of hydrogen-bond donors (Lipinski definition) is 2. The van der Waals surface area contributed by atoms with Crippen LogP contribution in [0.25, 0.3) is 0 Å². The fourth-order valence-corrected chi connectivity index (χ4v) is 2.66. The van der Waals surface area contributed by atoms with Crippen LogP contribution in [0.15, 0.2) is 30.3 Å². The number of sulfonamides is 1. The van der Waals surface area contributed by atoms with Gasteiger partial charge in [0.15, 0.2) is 0 Å². The second-order valence-corrected chi connectivity index (χ2v) is 6.47. The molecule has 0 unspecified atom stereocenters. The van der Waals surface area contributed by atoms with E-state index in [9.17, 15) is 13.2 Å². The Hall–Kier alpha value is -1.64. The molecule has 8 heteroatoms. The quantitative estimate of drug-likeness (QED) is 0.621. The summed E-state index contributed by atoms with van der Waals surface area (Å²) in [6.45, 7) is 0.983. The van der Waals surface area contributed by atoms with E-state index in [-0.39, 0.29) is 25.4 Å². The SMILES string of the molecule is COCCNS(=O)(=O)CCCNC(=O)OCc1ccccc1. The van der Waals surface area contributed by atoms with Crippen LogP contribution in [0.5, 0.6) is 0 Å². The Bertz CT molecular complexity index is 533. The second-order valence-electron chi connectivity index (χ2n) is 4.55. The van der Waals surface area contributed by atoms with Crippen molar-refractivity contribution >= 4 is 16.1 Å². The van der Waals surface area contributed by atoms with Gasteiger partial charge in [0.25, 0.3) is 0 Å². The summed E-state index contributed by atoms with van der Waals surface area (Å²) in [5.74, 6) is -0.0598. The van der Waals surface area contributed by atoms with Gasteiger partial charge in [0.2, 0.25) is 10.0 Å². The molecule has 0 spiro atoms. The lowest BCUT2D eigenvalue weighted by molar-refractivity contribution is 0.139.